The number of H-pyrrole nitrogens is 1. The predicted molar refractivity (Wildman–Crippen MR) is 82.0 cm³/mol. The maximum atomic E-state index is 12.2. The number of nitrogens with one attached hydrogen (secondary N) is 1. The lowest BCUT2D eigenvalue weighted by Crippen LogP contribution is -2.57. The second-order valence-corrected chi connectivity index (χ2v) is 7.51. The van der Waals surface area contributed by atoms with Crippen molar-refractivity contribution < 1.29 is 0 Å². The summed E-state index contributed by atoms with van der Waals surface area (Å²) in [5.74, 6) is 0.813. The van der Waals surface area contributed by atoms with Crippen LogP contribution in [-0.4, -0.2) is 52.5 Å². The van der Waals surface area contributed by atoms with Gasteiger partial charge >= 0.3 is 0 Å². The summed E-state index contributed by atoms with van der Waals surface area (Å²) in [5.41, 5.74) is 0.622. The number of piperazine rings is 3. The van der Waals surface area contributed by atoms with Gasteiger partial charge in [-0.2, -0.15) is 0 Å². The minimum Gasteiger partial charge on any atom is -0.308 e. The van der Waals surface area contributed by atoms with Gasteiger partial charge in [0.25, 0.3) is 5.56 Å². The van der Waals surface area contributed by atoms with Crippen molar-refractivity contribution in [3.8, 4) is 0 Å². The van der Waals surface area contributed by atoms with Gasteiger partial charge in [0.1, 0.15) is 10.3 Å². The first-order chi connectivity index (χ1) is 9.36. The summed E-state index contributed by atoms with van der Waals surface area (Å²) < 4.78 is 0.560. The Morgan fingerprint density at radius 1 is 1.25 bits per heavy atom. The van der Waals surface area contributed by atoms with Gasteiger partial charge in [0.15, 0.2) is 0 Å². The molecule has 3 aliphatic rings. The van der Waals surface area contributed by atoms with Crippen LogP contribution in [0.15, 0.2) is 9.27 Å². The molecule has 1 aromatic heterocycles. The average molecular weight is 341 g/mol. The minimum atomic E-state index is -0.148. The molecule has 5 nitrogen and oxygen atoms in total. The molecule has 20 heavy (non-hydrogen) atoms. The number of halogens is 1. The van der Waals surface area contributed by atoms with Crippen LogP contribution in [0.2, 0.25) is 0 Å². The fraction of sp³-hybridized carbons (Fsp3) is 0.714. The molecule has 110 valence electrons. The molecule has 0 saturated carbocycles. The van der Waals surface area contributed by atoms with E-state index in [0.29, 0.717) is 4.47 Å². The molecule has 0 aromatic carbocycles. The van der Waals surface area contributed by atoms with Crippen LogP contribution in [0.5, 0.6) is 0 Å². The normalized spacial score (nSPS) is 29.7. The maximum absolute atomic E-state index is 12.2. The Morgan fingerprint density at radius 2 is 1.90 bits per heavy atom. The van der Waals surface area contributed by atoms with Crippen LogP contribution >= 0.6 is 15.9 Å². The highest BCUT2D eigenvalue weighted by atomic mass is 79.9. The van der Waals surface area contributed by atoms with Crippen LogP contribution in [0.25, 0.3) is 0 Å². The van der Waals surface area contributed by atoms with E-state index >= 15 is 0 Å². The second-order valence-electron chi connectivity index (χ2n) is 6.72. The van der Waals surface area contributed by atoms with Crippen LogP contribution in [0, 0.1) is 0 Å². The maximum Gasteiger partial charge on any atom is 0.265 e. The number of fused-ring (bicyclic) bond motifs is 3. The SMILES string of the molecule is CC(C)(C)c1nc(C2CN3CCN2CC3)[nH]c(=O)c1Br. The molecule has 1 unspecified atom stereocenters. The van der Waals surface area contributed by atoms with E-state index in [4.69, 9.17) is 4.98 Å². The standard InChI is InChI=1S/C14H21BrN4O/c1-14(2,3)11-10(15)13(20)17-12(16-11)9-8-18-4-6-19(9)7-5-18/h9H,4-8H2,1-3H3,(H,16,17,20). The van der Waals surface area contributed by atoms with Crippen molar-refractivity contribution in [3.63, 3.8) is 0 Å². The Balaban J connectivity index is 2.03. The number of hydrogen-bond acceptors (Lipinski definition) is 4. The third-order valence-corrected chi connectivity index (χ3v) is 4.92. The first-order valence-corrected chi connectivity index (χ1v) is 7.92. The van der Waals surface area contributed by atoms with Gasteiger partial charge in [0, 0.05) is 38.1 Å². The van der Waals surface area contributed by atoms with Gasteiger partial charge in [-0.25, -0.2) is 4.98 Å². The summed E-state index contributed by atoms with van der Waals surface area (Å²) in [6.45, 7) is 11.6. The van der Waals surface area contributed by atoms with Gasteiger partial charge in [-0.1, -0.05) is 20.8 Å². The van der Waals surface area contributed by atoms with E-state index in [9.17, 15) is 4.79 Å². The smallest absolute Gasteiger partial charge is 0.265 e. The zero-order valence-electron chi connectivity index (χ0n) is 12.2. The molecule has 1 atom stereocenters. The quantitative estimate of drug-likeness (QED) is 0.841. The highest BCUT2D eigenvalue weighted by Crippen LogP contribution is 2.30. The topological polar surface area (TPSA) is 52.2 Å². The molecule has 0 spiro atoms. The highest BCUT2D eigenvalue weighted by Gasteiger charge is 2.35. The molecular weight excluding hydrogens is 320 g/mol. The third kappa shape index (κ3) is 2.44. The average Bonchev–Trinajstić information content (AvgIpc) is 2.41. The molecule has 1 N–H and O–H groups in total. The van der Waals surface area contributed by atoms with Crippen molar-refractivity contribution in [3.05, 3.63) is 26.3 Å². The van der Waals surface area contributed by atoms with Gasteiger partial charge in [0.2, 0.25) is 0 Å². The molecule has 0 amide bonds. The molecule has 3 aliphatic heterocycles. The molecule has 2 bridgehead atoms. The molecule has 3 saturated heterocycles. The fourth-order valence-corrected chi connectivity index (χ4v) is 3.79. The predicted octanol–water partition coefficient (Wildman–Crippen LogP) is 1.50. The summed E-state index contributed by atoms with van der Waals surface area (Å²) in [7, 11) is 0. The summed E-state index contributed by atoms with van der Waals surface area (Å²) in [5, 5.41) is 0. The lowest BCUT2D eigenvalue weighted by atomic mass is 9.92. The van der Waals surface area contributed by atoms with Crippen LogP contribution in [0.3, 0.4) is 0 Å². The van der Waals surface area contributed by atoms with Crippen molar-refractivity contribution in [1.82, 2.24) is 19.8 Å². The van der Waals surface area contributed by atoms with Crippen LogP contribution in [0.4, 0.5) is 0 Å². The Labute approximate surface area is 127 Å². The zero-order valence-corrected chi connectivity index (χ0v) is 13.8. The van der Waals surface area contributed by atoms with Crippen molar-refractivity contribution in [2.24, 2.45) is 0 Å². The van der Waals surface area contributed by atoms with Gasteiger partial charge in [-0.05, 0) is 15.9 Å². The van der Waals surface area contributed by atoms with Crippen LogP contribution in [-0.2, 0) is 5.41 Å². The monoisotopic (exact) mass is 340 g/mol. The van der Waals surface area contributed by atoms with Gasteiger partial charge in [0.05, 0.1) is 11.7 Å². The third-order valence-electron chi connectivity index (χ3n) is 4.19. The molecule has 4 heterocycles. The Hall–Kier alpha value is -0.720. The van der Waals surface area contributed by atoms with Crippen LogP contribution < -0.4 is 5.56 Å². The molecular formula is C14H21BrN4O. The van der Waals surface area contributed by atoms with Crippen molar-refractivity contribution in [2.45, 2.75) is 32.2 Å². The number of aromatic amines is 1. The van der Waals surface area contributed by atoms with E-state index in [1.807, 2.05) is 0 Å². The summed E-state index contributed by atoms with van der Waals surface area (Å²) >= 11 is 3.38. The second kappa shape index (κ2) is 4.93. The van der Waals surface area contributed by atoms with Gasteiger partial charge in [-0.3, -0.25) is 14.6 Å². The van der Waals surface area contributed by atoms with Gasteiger partial charge in [-0.15, -0.1) is 0 Å². The van der Waals surface area contributed by atoms with Crippen molar-refractivity contribution in [1.29, 1.82) is 0 Å². The molecule has 0 radical (unpaired) electrons. The number of nitrogens with zero attached hydrogens (tertiary/aromatic N) is 3. The van der Waals surface area contributed by atoms with Crippen molar-refractivity contribution >= 4 is 15.9 Å². The Bertz CT molecular complexity index is 570. The minimum absolute atomic E-state index is 0.0717. The summed E-state index contributed by atoms with van der Waals surface area (Å²) in [6.07, 6.45) is 0. The van der Waals surface area contributed by atoms with E-state index in [2.05, 4.69) is 51.5 Å². The first-order valence-electron chi connectivity index (χ1n) is 7.13. The number of hydrogen-bond donors (Lipinski definition) is 1. The Morgan fingerprint density at radius 3 is 2.40 bits per heavy atom. The highest BCUT2D eigenvalue weighted by molar-refractivity contribution is 9.10. The number of aromatic nitrogens is 2. The molecule has 6 heteroatoms. The van der Waals surface area contributed by atoms with E-state index in [-0.39, 0.29) is 17.0 Å². The first kappa shape index (κ1) is 14.2. The largest absolute Gasteiger partial charge is 0.308 e. The van der Waals surface area contributed by atoms with Crippen molar-refractivity contribution in [2.75, 3.05) is 32.7 Å². The van der Waals surface area contributed by atoms with E-state index in [0.717, 1.165) is 44.2 Å². The molecule has 1 aromatic rings. The summed E-state index contributed by atoms with van der Waals surface area (Å²) in [4.78, 5) is 24.8. The van der Waals surface area contributed by atoms with E-state index in [1.54, 1.807) is 0 Å². The van der Waals surface area contributed by atoms with Gasteiger partial charge < -0.3 is 4.98 Å². The van der Waals surface area contributed by atoms with Crippen LogP contribution in [0.1, 0.15) is 38.3 Å². The lowest BCUT2D eigenvalue weighted by molar-refractivity contribution is 0.00836. The number of rotatable bonds is 1. The molecule has 3 fully saturated rings. The lowest BCUT2D eigenvalue weighted by Gasteiger charge is -2.47. The Kier molecular flexibility index (Phi) is 3.51. The summed E-state index contributed by atoms with van der Waals surface area (Å²) in [6, 6.07) is 0.222. The van der Waals surface area contributed by atoms with E-state index in [1.165, 1.54) is 0 Å². The fourth-order valence-electron chi connectivity index (χ4n) is 3.01. The molecule has 4 rings (SSSR count). The zero-order chi connectivity index (χ0) is 14.5. The van der Waals surface area contributed by atoms with E-state index < -0.39 is 0 Å². The molecule has 0 aliphatic carbocycles.